The molecule has 0 spiro atoms. The normalized spacial score (nSPS) is 12.5. The molecule has 15 aromatic rings. The minimum atomic E-state index is -0.440. The van der Waals surface area contributed by atoms with Gasteiger partial charge in [-0.1, -0.05) is 243 Å². The monoisotopic (exact) mass is 1030 g/mol. The van der Waals surface area contributed by atoms with Gasteiger partial charge in [0.1, 0.15) is 0 Å². The van der Waals surface area contributed by atoms with E-state index in [1.807, 2.05) is 0 Å². The van der Waals surface area contributed by atoms with Crippen LogP contribution in [0.3, 0.4) is 0 Å². The van der Waals surface area contributed by atoms with Crippen molar-refractivity contribution in [2.75, 3.05) is 0 Å². The van der Waals surface area contributed by atoms with Crippen LogP contribution in [0.2, 0.25) is 0 Å². The van der Waals surface area contributed by atoms with Crippen molar-refractivity contribution in [2.45, 2.75) is 5.41 Å². The number of para-hydroxylation sites is 2. The van der Waals surface area contributed by atoms with Crippen molar-refractivity contribution in [1.82, 2.24) is 9.13 Å². The minimum absolute atomic E-state index is 0.440. The van der Waals surface area contributed by atoms with Gasteiger partial charge in [-0.05, 0) is 162 Å². The molecule has 1 aliphatic carbocycles. The maximum Gasteiger partial charge on any atom is 0.0713 e. The zero-order chi connectivity index (χ0) is 53.4. The predicted molar refractivity (Wildman–Crippen MR) is 340 cm³/mol. The summed E-state index contributed by atoms with van der Waals surface area (Å²) in [6.45, 7) is 0. The topological polar surface area (TPSA) is 9.86 Å². The number of hydrogen-bond acceptors (Lipinski definition) is 0. The van der Waals surface area contributed by atoms with E-state index >= 15 is 0 Å². The van der Waals surface area contributed by atoms with E-state index in [2.05, 4.69) is 325 Å². The summed E-state index contributed by atoms with van der Waals surface area (Å²) in [6.07, 6.45) is 0. The summed E-state index contributed by atoms with van der Waals surface area (Å²) in [5.41, 5.74) is 26.4. The Bertz CT molecular complexity index is 4840. The Kier molecular flexibility index (Phi) is 10.8. The van der Waals surface area contributed by atoms with Crippen LogP contribution in [0.1, 0.15) is 22.3 Å². The summed E-state index contributed by atoms with van der Waals surface area (Å²) in [6, 6.07) is 116. The molecule has 81 heavy (non-hydrogen) atoms. The first-order valence-corrected chi connectivity index (χ1v) is 28.1. The third-order valence-electron chi connectivity index (χ3n) is 17.2. The molecule has 0 saturated heterocycles. The third-order valence-corrected chi connectivity index (χ3v) is 17.2. The van der Waals surface area contributed by atoms with Crippen molar-refractivity contribution in [3.05, 3.63) is 338 Å². The Balaban J connectivity index is 0.690. The molecule has 16 rings (SSSR count). The number of hydrogen-bond donors (Lipinski definition) is 0. The molecular formula is C79H52N2. The molecule has 0 N–H and O–H groups in total. The Morgan fingerprint density at radius 3 is 1.06 bits per heavy atom. The molecule has 2 aromatic heterocycles. The zero-order valence-corrected chi connectivity index (χ0v) is 44.4. The van der Waals surface area contributed by atoms with Crippen LogP contribution in [0, 0.1) is 0 Å². The minimum Gasteiger partial charge on any atom is -0.309 e. The van der Waals surface area contributed by atoms with Gasteiger partial charge in [-0.15, -0.1) is 0 Å². The SMILES string of the molecule is c1ccc(-c2ccc(-n3c4ccccc4c4cc(-c5ccc6c(c5)c5ccccc5n6-c5ccc(-c6ccc(-c7cccc(-c8cccc(C9(c%10ccccc%10)c%10ccccc%10-c%10ccccc%109)c8)c7)cc6)cc5)ccc43)cc2)cc1. The molecule has 0 saturated carbocycles. The second-order valence-corrected chi connectivity index (χ2v) is 21.6. The van der Waals surface area contributed by atoms with E-state index in [1.54, 1.807) is 0 Å². The largest absolute Gasteiger partial charge is 0.309 e. The lowest BCUT2D eigenvalue weighted by atomic mass is 9.67. The van der Waals surface area contributed by atoms with E-state index in [-0.39, 0.29) is 0 Å². The summed E-state index contributed by atoms with van der Waals surface area (Å²) < 4.78 is 4.81. The average molecular weight is 1030 g/mol. The first kappa shape index (κ1) is 46.5. The molecule has 1 aliphatic rings. The van der Waals surface area contributed by atoms with Crippen molar-refractivity contribution in [3.63, 3.8) is 0 Å². The van der Waals surface area contributed by atoms with E-state index in [4.69, 9.17) is 0 Å². The molecule has 0 atom stereocenters. The first-order valence-electron chi connectivity index (χ1n) is 28.1. The molecular weight excluding hydrogens is 977 g/mol. The lowest BCUT2D eigenvalue weighted by Crippen LogP contribution is -2.28. The van der Waals surface area contributed by atoms with Gasteiger partial charge in [0, 0.05) is 32.9 Å². The van der Waals surface area contributed by atoms with Crippen LogP contribution in [-0.4, -0.2) is 9.13 Å². The highest BCUT2D eigenvalue weighted by Crippen LogP contribution is 2.56. The fourth-order valence-corrected chi connectivity index (χ4v) is 13.5. The van der Waals surface area contributed by atoms with Crippen molar-refractivity contribution < 1.29 is 0 Å². The van der Waals surface area contributed by atoms with Gasteiger partial charge < -0.3 is 9.13 Å². The van der Waals surface area contributed by atoms with E-state index < -0.39 is 5.41 Å². The Labute approximate surface area is 471 Å². The molecule has 0 fully saturated rings. The summed E-state index contributed by atoms with van der Waals surface area (Å²) in [4.78, 5) is 0. The van der Waals surface area contributed by atoms with Crippen LogP contribution in [0.15, 0.2) is 315 Å². The van der Waals surface area contributed by atoms with Crippen LogP contribution >= 0.6 is 0 Å². The molecule has 0 bridgehead atoms. The smallest absolute Gasteiger partial charge is 0.0713 e. The van der Waals surface area contributed by atoms with Gasteiger partial charge >= 0.3 is 0 Å². The molecule has 0 aliphatic heterocycles. The second kappa shape index (κ2) is 18.8. The highest BCUT2D eigenvalue weighted by atomic mass is 15.0. The number of nitrogens with zero attached hydrogens (tertiary/aromatic N) is 2. The lowest BCUT2D eigenvalue weighted by molar-refractivity contribution is 0.769. The van der Waals surface area contributed by atoms with Crippen LogP contribution in [0.25, 0.3) is 122 Å². The van der Waals surface area contributed by atoms with Gasteiger partial charge in [0.15, 0.2) is 0 Å². The van der Waals surface area contributed by atoms with Crippen LogP contribution in [0.4, 0.5) is 0 Å². The Morgan fingerprint density at radius 2 is 0.531 bits per heavy atom. The van der Waals surface area contributed by atoms with Crippen LogP contribution in [-0.2, 0) is 5.41 Å². The van der Waals surface area contributed by atoms with Crippen molar-refractivity contribution in [2.24, 2.45) is 0 Å². The quantitative estimate of drug-likeness (QED) is 0.136. The fourth-order valence-electron chi connectivity index (χ4n) is 13.5. The highest BCUT2D eigenvalue weighted by molar-refractivity contribution is 6.13. The summed E-state index contributed by atoms with van der Waals surface area (Å²) in [7, 11) is 0. The number of fused-ring (bicyclic) bond motifs is 9. The van der Waals surface area contributed by atoms with Crippen molar-refractivity contribution >= 4 is 43.6 Å². The number of benzene rings is 13. The molecule has 0 amide bonds. The van der Waals surface area contributed by atoms with Crippen molar-refractivity contribution in [1.29, 1.82) is 0 Å². The van der Waals surface area contributed by atoms with Gasteiger partial charge in [0.05, 0.1) is 27.5 Å². The summed E-state index contributed by atoms with van der Waals surface area (Å²) in [5, 5.41) is 4.97. The van der Waals surface area contributed by atoms with Gasteiger partial charge in [0.25, 0.3) is 0 Å². The Hall–Kier alpha value is -10.5. The first-order chi connectivity index (χ1) is 40.2. The van der Waals surface area contributed by atoms with E-state index in [9.17, 15) is 0 Å². The highest BCUT2D eigenvalue weighted by Gasteiger charge is 2.46. The Morgan fingerprint density at radius 1 is 0.198 bits per heavy atom. The van der Waals surface area contributed by atoms with Crippen molar-refractivity contribution in [3.8, 4) is 78.1 Å². The lowest BCUT2D eigenvalue weighted by Gasteiger charge is -2.34. The number of aromatic nitrogens is 2. The number of rotatable bonds is 9. The summed E-state index contributed by atoms with van der Waals surface area (Å²) in [5.74, 6) is 0. The third kappa shape index (κ3) is 7.49. The van der Waals surface area contributed by atoms with E-state index in [1.165, 1.54) is 133 Å². The molecule has 13 aromatic carbocycles. The fraction of sp³-hybridized carbons (Fsp3) is 0.0127. The predicted octanol–water partition coefficient (Wildman–Crippen LogP) is 20.6. The van der Waals surface area contributed by atoms with Gasteiger partial charge in [-0.25, -0.2) is 0 Å². The van der Waals surface area contributed by atoms with Gasteiger partial charge in [0.2, 0.25) is 0 Å². The molecule has 0 unspecified atom stereocenters. The molecule has 0 radical (unpaired) electrons. The second-order valence-electron chi connectivity index (χ2n) is 21.6. The van der Waals surface area contributed by atoms with Crippen LogP contribution < -0.4 is 0 Å². The van der Waals surface area contributed by atoms with E-state index in [0.717, 1.165) is 11.4 Å². The van der Waals surface area contributed by atoms with Gasteiger partial charge in [-0.2, -0.15) is 0 Å². The maximum atomic E-state index is 2.42. The van der Waals surface area contributed by atoms with Gasteiger partial charge in [-0.3, -0.25) is 0 Å². The van der Waals surface area contributed by atoms with Crippen LogP contribution in [0.5, 0.6) is 0 Å². The zero-order valence-electron chi connectivity index (χ0n) is 44.4. The van der Waals surface area contributed by atoms with E-state index in [0.29, 0.717) is 0 Å². The standard InChI is InChI=1S/C79H52N2/c1-3-17-53(18-4-1)55-37-43-65(44-38-55)80-75-31-13-9-27-69(75)71-51-61(41-47-77(71)80)62-42-48-78-72(52-62)70-28-10-14-32-76(70)81(78)66-45-39-56(40-46-66)54-33-35-57(36-34-54)58-19-15-20-59(49-58)60-21-16-24-64(50-60)79(63-22-5-2-6-23-63)73-29-11-7-25-67(73)68-26-8-12-30-74(68)79/h1-52H. The summed E-state index contributed by atoms with van der Waals surface area (Å²) >= 11 is 0. The molecule has 378 valence electrons. The molecule has 2 nitrogen and oxygen atoms in total. The molecule has 2 heterocycles. The molecule has 2 heteroatoms. The maximum absolute atomic E-state index is 2.42. The average Bonchev–Trinajstić information content (AvgIpc) is 4.01.